The van der Waals surface area contributed by atoms with Gasteiger partial charge in [-0.15, -0.1) is 0 Å². The minimum atomic E-state index is -0.182. The van der Waals surface area contributed by atoms with Gasteiger partial charge in [-0.3, -0.25) is 4.79 Å². The summed E-state index contributed by atoms with van der Waals surface area (Å²) in [7, 11) is 7.59. The van der Waals surface area contributed by atoms with Gasteiger partial charge in [0, 0.05) is 19.0 Å². The molecule has 2 rings (SSSR count). The van der Waals surface area contributed by atoms with Gasteiger partial charge in [0.1, 0.15) is 0 Å². The standard InChI is InChI=1S/C19H24N2O6/c1-20-21-17-11(6-7-14(24-2)18(17)23)8-13(22)12-9-15(25-3)19(27-5)16(10-12)26-4/h6-7,9-10,20-21,23H,8H2,1-5H3. The van der Waals surface area contributed by atoms with Gasteiger partial charge in [-0.25, -0.2) is 5.43 Å². The third-order valence-corrected chi connectivity index (χ3v) is 4.03. The maximum atomic E-state index is 12.9. The Labute approximate surface area is 158 Å². The molecule has 0 aliphatic carbocycles. The van der Waals surface area contributed by atoms with Gasteiger partial charge in [0.2, 0.25) is 5.75 Å². The van der Waals surface area contributed by atoms with Crippen molar-refractivity contribution in [3.05, 3.63) is 35.4 Å². The van der Waals surface area contributed by atoms with Crippen molar-refractivity contribution in [2.75, 3.05) is 40.9 Å². The number of nitrogens with one attached hydrogen (secondary N) is 2. The van der Waals surface area contributed by atoms with E-state index in [1.807, 2.05) is 0 Å². The zero-order valence-corrected chi connectivity index (χ0v) is 16.0. The van der Waals surface area contributed by atoms with Crippen molar-refractivity contribution < 1.29 is 28.8 Å². The van der Waals surface area contributed by atoms with Crippen molar-refractivity contribution in [1.82, 2.24) is 5.43 Å². The lowest BCUT2D eigenvalue weighted by atomic mass is 10.00. The molecule has 0 saturated carbocycles. The number of aromatic hydroxyl groups is 1. The normalized spacial score (nSPS) is 10.3. The number of carbonyl (C=O) groups excluding carboxylic acids is 1. The number of hydrazine groups is 1. The van der Waals surface area contributed by atoms with Crippen LogP contribution >= 0.6 is 0 Å². The number of phenols is 1. The molecule has 0 fully saturated rings. The maximum absolute atomic E-state index is 12.9. The lowest BCUT2D eigenvalue weighted by Crippen LogP contribution is -2.18. The smallest absolute Gasteiger partial charge is 0.203 e. The predicted molar refractivity (Wildman–Crippen MR) is 101 cm³/mol. The highest BCUT2D eigenvalue weighted by atomic mass is 16.5. The lowest BCUT2D eigenvalue weighted by molar-refractivity contribution is 0.0992. The molecule has 2 aromatic carbocycles. The number of ether oxygens (including phenoxy) is 4. The van der Waals surface area contributed by atoms with E-state index in [4.69, 9.17) is 18.9 Å². The molecule has 0 unspecified atom stereocenters. The minimum Gasteiger partial charge on any atom is -0.503 e. The number of phenolic OH excluding ortho intramolecular Hbond substituents is 1. The summed E-state index contributed by atoms with van der Waals surface area (Å²) in [6.45, 7) is 0. The Morgan fingerprint density at radius 2 is 1.56 bits per heavy atom. The van der Waals surface area contributed by atoms with E-state index in [-0.39, 0.29) is 18.0 Å². The molecule has 0 spiro atoms. The molecule has 0 bridgehead atoms. The quantitative estimate of drug-likeness (QED) is 0.349. The van der Waals surface area contributed by atoms with E-state index in [1.165, 1.54) is 28.4 Å². The maximum Gasteiger partial charge on any atom is 0.203 e. The first-order valence-electron chi connectivity index (χ1n) is 8.15. The number of carbonyl (C=O) groups is 1. The Balaban J connectivity index is 2.42. The Morgan fingerprint density at radius 3 is 2.04 bits per heavy atom. The molecule has 0 saturated heterocycles. The van der Waals surface area contributed by atoms with E-state index in [2.05, 4.69) is 10.9 Å². The first-order chi connectivity index (χ1) is 13.0. The van der Waals surface area contributed by atoms with Crippen LogP contribution in [0.4, 0.5) is 5.69 Å². The van der Waals surface area contributed by atoms with E-state index >= 15 is 0 Å². The fourth-order valence-electron chi connectivity index (χ4n) is 2.71. The van der Waals surface area contributed by atoms with Crippen LogP contribution in [0.25, 0.3) is 0 Å². The fourth-order valence-corrected chi connectivity index (χ4v) is 2.71. The SMILES string of the molecule is CNNc1c(CC(=O)c2cc(OC)c(OC)c(OC)c2)ccc(OC)c1O. The second-order valence-electron chi connectivity index (χ2n) is 5.54. The molecule has 0 aliphatic heterocycles. The van der Waals surface area contributed by atoms with Crippen LogP contribution in [-0.4, -0.2) is 46.4 Å². The van der Waals surface area contributed by atoms with Crippen molar-refractivity contribution in [2.45, 2.75) is 6.42 Å². The number of hydrogen-bond acceptors (Lipinski definition) is 8. The molecule has 3 N–H and O–H groups in total. The van der Waals surface area contributed by atoms with Crippen LogP contribution in [-0.2, 0) is 6.42 Å². The number of ketones is 1. The highest BCUT2D eigenvalue weighted by Gasteiger charge is 2.20. The Hall–Kier alpha value is -3.13. The van der Waals surface area contributed by atoms with Crippen molar-refractivity contribution >= 4 is 11.5 Å². The molecule has 8 nitrogen and oxygen atoms in total. The Kier molecular flexibility index (Phi) is 6.73. The van der Waals surface area contributed by atoms with E-state index in [0.29, 0.717) is 39.8 Å². The van der Waals surface area contributed by atoms with E-state index in [1.54, 1.807) is 31.3 Å². The van der Waals surface area contributed by atoms with Crippen LogP contribution in [0.5, 0.6) is 28.7 Å². The van der Waals surface area contributed by atoms with Crippen LogP contribution in [0.3, 0.4) is 0 Å². The van der Waals surface area contributed by atoms with Crippen molar-refractivity contribution in [2.24, 2.45) is 0 Å². The molecule has 146 valence electrons. The fraction of sp³-hybridized carbons (Fsp3) is 0.316. The van der Waals surface area contributed by atoms with E-state index < -0.39 is 0 Å². The third-order valence-electron chi connectivity index (χ3n) is 4.03. The van der Waals surface area contributed by atoms with Crippen LogP contribution in [0, 0.1) is 0 Å². The zero-order valence-electron chi connectivity index (χ0n) is 16.0. The molecule has 0 amide bonds. The topological polar surface area (TPSA) is 98.3 Å². The van der Waals surface area contributed by atoms with E-state index in [9.17, 15) is 9.90 Å². The van der Waals surface area contributed by atoms with Crippen molar-refractivity contribution in [1.29, 1.82) is 0 Å². The predicted octanol–water partition coefficient (Wildman–Crippen LogP) is 2.40. The highest BCUT2D eigenvalue weighted by molar-refractivity contribution is 5.99. The number of Topliss-reactive ketones (excluding diaryl/α,β-unsaturated/α-hetero) is 1. The number of anilines is 1. The highest BCUT2D eigenvalue weighted by Crippen LogP contribution is 2.40. The summed E-state index contributed by atoms with van der Waals surface area (Å²) in [4.78, 5) is 12.9. The summed E-state index contributed by atoms with van der Waals surface area (Å²) >= 11 is 0. The van der Waals surface area contributed by atoms with Crippen LogP contribution < -0.4 is 29.8 Å². The first-order valence-corrected chi connectivity index (χ1v) is 8.15. The van der Waals surface area contributed by atoms with Crippen LogP contribution in [0.2, 0.25) is 0 Å². The van der Waals surface area contributed by atoms with Crippen LogP contribution in [0.1, 0.15) is 15.9 Å². The molecule has 8 heteroatoms. The third kappa shape index (κ3) is 4.17. The number of hydrogen-bond donors (Lipinski definition) is 3. The van der Waals surface area contributed by atoms with Crippen LogP contribution in [0.15, 0.2) is 24.3 Å². The summed E-state index contributed by atoms with van der Waals surface area (Å²) in [5.74, 6) is 1.24. The van der Waals surface area contributed by atoms with Gasteiger partial charge >= 0.3 is 0 Å². The van der Waals surface area contributed by atoms with Gasteiger partial charge < -0.3 is 29.5 Å². The van der Waals surface area contributed by atoms with Gasteiger partial charge in [0.15, 0.2) is 28.8 Å². The largest absolute Gasteiger partial charge is 0.503 e. The molecule has 2 aromatic rings. The van der Waals surface area contributed by atoms with Gasteiger partial charge in [0.05, 0.1) is 34.1 Å². The molecule has 0 aliphatic rings. The van der Waals surface area contributed by atoms with Gasteiger partial charge in [-0.1, -0.05) is 6.07 Å². The molecule has 27 heavy (non-hydrogen) atoms. The second-order valence-corrected chi connectivity index (χ2v) is 5.54. The molecule has 0 aromatic heterocycles. The Bertz CT molecular complexity index is 797. The molecular weight excluding hydrogens is 352 g/mol. The Morgan fingerprint density at radius 1 is 0.963 bits per heavy atom. The number of benzene rings is 2. The van der Waals surface area contributed by atoms with Crippen molar-refractivity contribution in [3.63, 3.8) is 0 Å². The average molecular weight is 376 g/mol. The number of rotatable bonds is 9. The second kappa shape index (κ2) is 9.00. The lowest BCUT2D eigenvalue weighted by Gasteiger charge is -2.16. The summed E-state index contributed by atoms with van der Waals surface area (Å²) in [6, 6.07) is 6.51. The summed E-state index contributed by atoms with van der Waals surface area (Å²) < 4.78 is 21.0. The zero-order chi connectivity index (χ0) is 20.0. The minimum absolute atomic E-state index is 0.0419. The summed E-state index contributed by atoms with van der Waals surface area (Å²) in [5, 5.41) is 10.3. The summed E-state index contributed by atoms with van der Waals surface area (Å²) in [6.07, 6.45) is 0.0419. The molecule has 0 atom stereocenters. The molecule has 0 radical (unpaired) electrons. The van der Waals surface area contributed by atoms with Gasteiger partial charge in [0.25, 0.3) is 0 Å². The van der Waals surface area contributed by atoms with E-state index in [0.717, 1.165) is 0 Å². The number of methoxy groups -OCH3 is 4. The first kappa shape index (κ1) is 20.2. The summed E-state index contributed by atoms with van der Waals surface area (Å²) in [5.41, 5.74) is 6.96. The van der Waals surface area contributed by atoms with Crippen molar-refractivity contribution in [3.8, 4) is 28.7 Å². The van der Waals surface area contributed by atoms with Gasteiger partial charge in [-0.05, 0) is 23.8 Å². The van der Waals surface area contributed by atoms with Gasteiger partial charge in [-0.2, -0.15) is 0 Å². The average Bonchev–Trinajstić information content (AvgIpc) is 2.69. The monoisotopic (exact) mass is 376 g/mol. The molecule has 0 heterocycles. The molecular formula is C19H24N2O6.